The van der Waals surface area contributed by atoms with Gasteiger partial charge in [0.25, 0.3) is 5.91 Å². The summed E-state index contributed by atoms with van der Waals surface area (Å²) >= 11 is 0. The fourth-order valence-corrected chi connectivity index (χ4v) is 1.89. The summed E-state index contributed by atoms with van der Waals surface area (Å²) in [4.78, 5) is 12.3. The van der Waals surface area contributed by atoms with Gasteiger partial charge in [0.1, 0.15) is 5.82 Å². The Balaban J connectivity index is 2.35. The molecular weight excluding hydrogens is 275 g/mol. The zero-order valence-corrected chi connectivity index (χ0v) is 11.6. The van der Waals surface area contributed by atoms with Crippen LogP contribution in [-0.2, 0) is 0 Å². The molecule has 0 saturated carbocycles. The third kappa shape index (κ3) is 3.05. The predicted molar refractivity (Wildman–Crippen MR) is 78.3 cm³/mol. The Kier molecular flexibility index (Phi) is 4.27. The van der Waals surface area contributed by atoms with Crippen LogP contribution in [0.5, 0.6) is 11.5 Å². The molecule has 6 heteroatoms. The van der Waals surface area contributed by atoms with E-state index in [1.807, 2.05) is 0 Å². The predicted octanol–water partition coefficient (Wildman–Crippen LogP) is 2.68. The van der Waals surface area contributed by atoms with Crippen LogP contribution in [0.2, 0.25) is 0 Å². The lowest BCUT2D eigenvalue weighted by Gasteiger charge is -2.13. The summed E-state index contributed by atoms with van der Waals surface area (Å²) in [7, 11) is 2.91. The van der Waals surface area contributed by atoms with Crippen LogP contribution in [0.1, 0.15) is 10.4 Å². The van der Waals surface area contributed by atoms with Gasteiger partial charge in [0.05, 0.1) is 31.2 Å². The van der Waals surface area contributed by atoms with E-state index >= 15 is 0 Å². The van der Waals surface area contributed by atoms with Crippen molar-refractivity contribution in [2.45, 2.75) is 0 Å². The molecule has 1 amide bonds. The van der Waals surface area contributed by atoms with Crippen molar-refractivity contribution in [2.75, 3.05) is 25.3 Å². The Labute approximate surface area is 121 Å². The van der Waals surface area contributed by atoms with Crippen molar-refractivity contribution in [3.8, 4) is 11.5 Å². The molecule has 0 bridgehead atoms. The monoisotopic (exact) mass is 290 g/mol. The Morgan fingerprint density at radius 3 is 2.62 bits per heavy atom. The molecule has 0 saturated heterocycles. The average molecular weight is 290 g/mol. The van der Waals surface area contributed by atoms with Crippen LogP contribution in [0.3, 0.4) is 0 Å². The molecule has 21 heavy (non-hydrogen) atoms. The molecule has 0 aliphatic carbocycles. The number of hydrogen-bond donors (Lipinski definition) is 2. The first-order valence-electron chi connectivity index (χ1n) is 6.14. The van der Waals surface area contributed by atoms with E-state index in [1.165, 1.54) is 26.4 Å². The molecule has 5 nitrogen and oxygen atoms in total. The number of benzene rings is 2. The number of anilines is 2. The van der Waals surface area contributed by atoms with Gasteiger partial charge in [-0.25, -0.2) is 4.39 Å². The number of methoxy groups -OCH3 is 2. The minimum absolute atomic E-state index is 0.199. The van der Waals surface area contributed by atoms with E-state index in [0.717, 1.165) is 6.07 Å². The molecule has 3 N–H and O–H groups in total. The van der Waals surface area contributed by atoms with Crippen LogP contribution in [-0.4, -0.2) is 20.1 Å². The lowest BCUT2D eigenvalue weighted by atomic mass is 10.1. The van der Waals surface area contributed by atoms with Gasteiger partial charge in [-0.05, 0) is 30.3 Å². The van der Waals surface area contributed by atoms with Crippen molar-refractivity contribution in [1.82, 2.24) is 0 Å². The fourth-order valence-electron chi connectivity index (χ4n) is 1.89. The first kappa shape index (κ1) is 14.6. The standard InChI is InChI=1S/C15H15FN2O3/c1-20-13-5-3-4-10(14(13)21-2)15(19)18-12-8-9(16)6-7-11(12)17/h3-8H,17H2,1-2H3,(H,18,19). The third-order valence-corrected chi connectivity index (χ3v) is 2.91. The maximum absolute atomic E-state index is 13.2. The molecule has 0 aromatic heterocycles. The molecule has 0 aliphatic rings. The van der Waals surface area contributed by atoms with Crippen molar-refractivity contribution in [1.29, 1.82) is 0 Å². The number of ether oxygens (including phenoxy) is 2. The zero-order chi connectivity index (χ0) is 15.4. The highest BCUT2D eigenvalue weighted by atomic mass is 19.1. The summed E-state index contributed by atoms with van der Waals surface area (Å²) in [6, 6.07) is 8.66. The van der Waals surface area contributed by atoms with Crippen LogP contribution >= 0.6 is 0 Å². The number of nitrogen functional groups attached to an aromatic ring is 1. The molecule has 0 unspecified atom stereocenters. The van der Waals surface area contributed by atoms with Gasteiger partial charge >= 0.3 is 0 Å². The summed E-state index contributed by atoms with van der Waals surface area (Å²) in [6.07, 6.45) is 0. The van der Waals surface area contributed by atoms with E-state index < -0.39 is 11.7 Å². The first-order valence-corrected chi connectivity index (χ1v) is 6.14. The van der Waals surface area contributed by atoms with E-state index in [9.17, 15) is 9.18 Å². The summed E-state index contributed by atoms with van der Waals surface area (Å²) in [5, 5.41) is 2.55. The highest BCUT2D eigenvalue weighted by Gasteiger charge is 2.17. The second kappa shape index (κ2) is 6.13. The second-order valence-corrected chi connectivity index (χ2v) is 4.23. The smallest absolute Gasteiger partial charge is 0.259 e. The van der Waals surface area contributed by atoms with E-state index in [1.54, 1.807) is 18.2 Å². The number of hydrogen-bond acceptors (Lipinski definition) is 4. The highest BCUT2D eigenvalue weighted by Crippen LogP contribution is 2.31. The molecule has 2 aromatic carbocycles. The third-order valence-electron chi connectivity index (χ3n) is 2.91. The summed E-state index contributed by atoms with van der Waals surface area (Å²) in [6.45, 7) is 0. The van der Waals surface area contributed by atoms with Gasteiger partial charge < -0.3 is 20.5 Å². The lowest BCUT2D eigenvalue weighted by Crippen LogP contribution is -2.15. The van der Waals surface area contributed by atoms with Crippen molar-refractivity contribution in [2.24, 2.45) is 0 Å². The summed E-state index contributed by atoms with van der Waals surface area (Å²) in [5.74, 6) is -0.231. The SMILES string of the molecule is COc1cccc(C(=O)Nc2cc(F)ccc2N)c1OC. The molecule has 110 valence electrons. The topological polar surface area (TPSA) is 73.6 Å². The molecule has 0 atom stereocenters. The van der Waals surface area contributed by atoms with Crippen LogP contribution < -0.4 is 20.5 Å². The number of rotatable bonds is 4. The largest absolute Gasteiger partial charge is 0.493 e. The van der Waals surface area contributed by atoms with Gasteiger partial charge in [-0.15, -0.1) is 0 Å². The molecule has 0 heterocycles. The number of halogens is 1. The first-order chi connectivity index (χ1) is 10.1. The molecule has 2 rings (SSSR count). The van der Waals surface area contributed by atoms with E-state index in [2.05, 4.69) is 5.32 Å². The second-order valence-electron chi connectivity index (χ2n) is 4.23. The van der Waals surface area contributed by atoms with Crippen molar-refractivity contribution >= 4 is 17.3 Å². The van der Waals surface area contributed by atoms with Gasteiger partial charge in [-0.2, -0.15) is 0 Å². The van der Waals surface area contributed by atoms with Gasteiger partial charge in [-0.3, -0.25) is 4.79 Å². The van der Waals surface area contributed by atoms with Crippen LogP contribution in [0, 0.1) is 5.82 Å². The quantitative estimate of drug-likeness (QED) is 0.849. The van der Waals surface area contributed by atoms with Crippen LogP contribution in [0.25, 0.3) is 0 Å². The number of nitrogens with two attached hydrogens (primary N) is 1. The Bertz CT molecular complexity index is 674. The normalized spacial score (nSPS) is 10.0. The zero-order valence-electron chi connectivity index (χ0n) is 11.6. The van der Waals surface area contributed by atoms with E-state index in [-0.39, 0.29) is 16.9 Å². The molecule has 0 fully saturated rings. The molecule has 0 radical (unpaired) electrons. The maximum atomic E-state index is 13.2. The number of carbonyl (C=O) groups is 1. The average Bonchev–Trinajstić information content (AvgIpc) is 2.49. The van der Waals surface area contributed by atoms with Crippen molar-refractivity contribution in [3.05, 3.63) is 47.8 Å². The van der Waals surface area contributed by atoms with E-state index in [0.29, 0.717) is 11.5 Å². The Morgan fingerprint density at radius 2 is 1.95 bits per heavy atom. The highest BCUT2D eigenvalue weighted by molar-refractivity contribution is 6.08. The summed E-state index contributed by atoms with van der Waals surface area (Å²) in [5.41, 5.74) is 6.44. The van der Waals surface area contributed by atoms with Crippen molar-refractivity contribution in [3.63, 3.8) is 0 Å². The minimum Gasteiger partial charge on any atom is -0.493 e. The number of nitrogens with one attached hydrogen (secondary N) is 1. The minimum atomic E-state index is -0.489. The Hall–Kier alpha value is -2.76. The summed E-state index contributed by atoms with van der Waals surface area (Å²) < 4.78 is 23.5. The van der Waals surface area contributed by atoms with Gasteiger partial charge in [0.15, 0.2) is 11.5 Å². The number of para-hydroxylation sites is 1. The van der Waals surface area contributed by atoms with Crippen molar-refractivity contribution < 1.29 is 18.7 Å². The van der Waals surface area contributed by atoms with Crippen LogP contribution in [0.15, 0.2) is 36.4 Å². The number of carbonyl (C=O) groups excluding carboxylic acids is 1. The molecular formula is C15H15FN2O3. The molecule has 0 aliphatic heterocycles. The number of amides is 1. The van der Waals surface area contributed by atoms with Gasteiger partial charge in [0, 0.05) is 0 Å². The van der Waals surface area contributed by atoms with Gasteiger partial charge in [0.2, 0.25) is 0 Å². The van der Waals surface area contributed by atoms with Gasteiger partial charge in [-0.1, -0.05) is 6.07 Å². The lowest BCUT2D eigenvalue weighted by molar-refractivity contribution is 0.102. The van der Waals surface area contributed by atoms with Crippen LogP contribution in [0.4, 0.5) is 15.8 Å². The molecule has 2 aromatic rings. The maximum Gasteiger partial charge on any atom is 0.259 e. The Morgan fingerprint density at radius 1 is 1.19 bits per heavy atom. The molecule has 0 spiro atoms. The van der Waals surface area contributed by atoms with E-state index in [4.69, 9.17) is 15.2 Å². The fraction of sp³-hybridized carbons (Fsp3) is 0.133.